The molecule has 0 radical (unpaired) electrons. The zero-order chi connectivity index (χ0) is 12.4. The van der Waals surface area contributed by atoms with E-state index in [0.717, 1.165) is 9.21 Å². The zero-order valence-electron chi connectivity index (χ0n) is 9.01. The van der Waals surface area contributed by atoms with Crippen LogP contribution in [-0.2, 0) is 0 Å². The Bertz CT molecular complexity index is 527. The van der Waals surface area contributed by atoms with Crippen molar-refractivity contribution in [2.45, 2.75) is 13.0 Å². The summed E-state index contributed by atoms with van der Waals surface area (Å²) in [6.07, 6.45) is 0. The van der Waals surface area contributed by atoms with Crippen molar-refractivity contribution in [1.29, 1.82) is 0 Å². The van der Waals surface area contributed by atoms with E-state index in [9.17, 15) is 4.39 Å². The van der Waals surface area contributed by atoms with Gasteiger partial charge in [-0.25, -0.2) is 4.39 Å². The third-order valence-electron chi connectivity index (χ3n) is 2.32. The summed E-state index contributed by atoms with van der Waals surface area (Å²) in [5, 5.41) is 3.59. The maximum atomic E-state index is 12.9. The van der Waals surface area contributed by atoms with E-state index in [2.05, 4.69) is 5.32 Å². The lowest BCUT2D eigenvalue weighted by Crippen LogP contribution is -2.05. The first-order valence-corrected chi connectivity index (χ1v) is 6.60. The molecule has 0 bridgehead atoms. The monoisotopic (exact) mass is 289 g/mol. The third-order valence-corrected chi connectivity index (χ3v) is 4.05. The topological polar surface area (TPSA) is 12.0 Å². The highest BCUT2D eigenvalue weighted by atomic mass is 35.5. The molecule has 0 saturated heterocycles. The fraction of sp³-hybridized carbons (Fsp3) is 0.167. The minimum Gasteiger partial charge on any atom is -0.376 e. The van der Waals surface area contributed by atoms with Crippen molar-refractivity contribution < 1.29 is 4.39 Å². The highest BCUT2D eigenvalue weighted by Crippen LogP contribution is 2.31. The summed E-state index contributed by atoms with van der Waals surface area (Å²) in [6.45, 7) is 2.00. The average molecular weight is 290 g/mol. The van der Waals surface area contributed by atoms with Gasteiger partial charge in [-0.3, -0.25) is 0 Å². The third kappa shape index (κ3) is 3.12. The first-order chi connectivity index (χ1) is 8.06. The van der Waals surface area contributed by atoms with Crippen LogP contribution in [0.1, 0.15) is 17.8 Å². The van der Waals surface area contributed by atoms with Crippen molar-refractivity contribution in [1.82, 2.24) is 0 Å². The number of thiophene rings is 1. The molecule has 1 aromatic carbocycles. The van der Waals surface area contributed by atoms with Crippen molar-refractivity contribution in [2.24, 2.45) is 0 Å². The standard InChI is InChI=1S/C12H10Cl2FNS/c1-7(11-4-5-12(14)17-11)16-10-3-2-8(15)6-9(10)13/h2-7,16H,1H3. The fourth-order valence-electron chi connectivity index (χ4n) is 1.47. The summed E-state index contributed by atoms with van der Waals surface area (Å²) in [5.41, 5.74) is 0.713. The van der Waals surface area contributed by atoms with Crippen molar-refractivity contribution in [2.75, 3.05) is 5.32 Å². The van der Waals surface area contributed by atoms with E-state index >= 15 is 0 Å². The molecule has 1 aromatic heterocycles. The number of hydrogen-bond acceptors (Lipinski definition) is 2. The molecule has 2 aromatic rings. The first kappa shape index (κ1) is 12.7. The number of benzene rings is 1. The van der Waals surface area contributed by atoms with Gasteiger partial charge in [0.15, 0.2) is 0 Å². The molecule has 0 fully saturated rings. The van der Waals surface area contributed by atoms with Crippen molar-refractivity contribution in [3.8, 4) is 0 Å². The minimum atomic E-state index is -0.340. The molecule has 1 atom stereocenters. The molecule has 90 valence electrons. The molecular weight excluding hydrogens is 280 g/mol. The summed E-state index contributed by atoms with van der Waals surface area (Å²) >= 11 is 13.3. The van der Waals surface area contributed by atoms with Gasteiger partial charge in [0.1, 0.15) is 5.82 Å². The van der Waals surface area contributed by atoms with Crippen LogP contribution in [-0.4, -0.2) is 0 Å². The first-order valence-electron chi connectivity index (χ1n) is 5.03. The van der Waals surface area contributed by atoms with E-state index in [1.54, 1.807) is 6.07 Å². The van der Waals surface area contributed by atoms with Crippen LogP contribution < -0.4 is 5.32 Å². The van der Waals surface area contributed by atoms with Crippen molar-refractivity contribution >= 4 is 40.2 Å². The molecule has 2 rings (SSSR count). The second kappa shape index (κ2) is 5.25. The molecule has 1 N–H and O–H groups in total. The predicted octanol–water partition coefficient (Wildman–Crippen LogP) is 5.37. The van der Waals surface area contributed by atoms with E-state index in [-0.39, 0.29) is 11.9 Å². The molecule has 0 aliphatic rings. The summed E-state index contributed by atoms with van der Waals surface area (Å²) in [5.74, 6) is -0.340. The van der Waals surface area contributed by atoms with Crippen LogP contribution in [0, 0.1) is 5.82 Å². The summed E-state index contributed by atoms with van der Waals surface area (Å²) in [6, 6.07) is 8.19. The van der Waals surface area contributed by atoms with Crippen LogP contribution in [0.2, 0.25) is 9.36 Å². The Hall–Kier alpha value is -0.770. The second-order valence-electron chi connectivity index (χ2n) is 3.63. The van der Waals surface area contributed by atoms with Crippen molar-refractivity contribution in [3.63, 3.8) is 0 Å². The quantitative estimate of drug-likeness (QED) is 0.801. The van der Waals surface area contributed by atoms with Crippen molar-refractivity contribution in [3.05, 3.63) is 50.4 Å². The van der Waals surface area contributed by atoms with E-state index in [4.69, 9.17) is 23.2 Å². The molecule has 1 heterocycles. The van der Waals surface area contributed by atoms with Gasteiger partial charge in [0.25, 0.3) is 0 Å². The molecule has 0 amide bonds. The lowest BCUT2D eigenvalue weighted by atomic mass is 10.2. The van der Waals surface area contributed by atoms with Gasteiger partial charge >= 0.3 is 0 Å². The summed E-state index contributed by atoms with van der Waals surface area (Å²) < 4.78 is 13.6. The molecule has 0 spiro atoms. The van der Waals surface area contributed by atoms with E-state index in [0.29, 0.717) is 10.7 Å². The Kier molecular flexibility index (Phi) is 3.92. The predicted molar refractivity (Wildman–Crippen MR) is 72.8 cm³/mol. The van der Waals surface area contributed by atoms with Gasteiger partial charge in [-0.2, -0.15) is 0 Å². The van der Waals surface area contributed by atoms with E-state index in [1.165, 1.54) is 23.5 Å². The van der Waals surface area contributed by atoms with Crippen LogP contribution in [0.3, 0.4) is 0 Å². The van der Waals surface area contributed by atoms with Gasteiger partial charge < -0.3 is 5.32 Å². The van der Waals surface area contributed by atoms with Gasteiger partial charge in [-0.05, 0) is 37.3 Å². The number of halogens is 3. The molecule has 0 aliphatic heterocycles. The molecule has 0 aliphatic carbocycles. The summed E-state index contributed by atoms with van der Waals surface area (Å²) in [4.78, 5) is 1.11. The molecule has 1 nitrogen and oxygen atoms in total. The normalized spacial score (nSPS) is 12.5. The average Bonchev–Trinajstić information content (AvgIpc) is 2.69. The summed E-state index contributed by atoms with van der Waals surface area (Å²) in [7, 11) is 0. The van der Waals surface area contributed by atoms with E-state index < -0.39 is 0 Å². The van der Waals surface area contributed by atoms with Crippen LogP contribution in [0.4, 0.5) is 10.1 Å². The van der Waals surface area contributed by atoms with Gasteiger partial charge in [0, 0.05) is 4.88 Å². The Morgan fingerprint density at radius 2 is 2.00 bits per heavy atom. The number of hydrogen-bond donors (Lipinski definition) is 1. The maximum Gasteiger partial charge on any atom is 0.124 e. The Morgan fingerprint density at radius 1 is 1.24 bits per heavy atom. The second-order valence-corrected chi connectivity index (χ2v) is 5.79. The van der Waals surface area contributed by atoms with Gasteiger partial charge in [0.05, 0.1) is 21.1 Å². The van der Waals surface area contributed by atoms with Crippen LogP contribution in [0.5, 0.6) is 0 Å². The molecular formula is C12H10Cl2FNS. The number of anilines is 1. The number of nitrogens with one attached hydrogen (secondary N) is 1. The Morgan fingerprint density at radius 3 is 2.59 bits per heavy atom. The Balaban J connectivity index is 2.15. The highest BCUT2D eigenvalue weighted by molar-refractivity contribution is 7.16. The van der Waals surface area contributed by atoms with Crippen LogP contribution in [0.15, 0.2) is 30.3 Å². The van der Waals surface area contributed by atoms with E-state index in [1.807, 2.05) is 19.1 Å². The van der Waals surface area contributed by atoms with Gasteiger partial charge in [-0.15, -0.1) is 11.3 Å². The molecule has 1 unspecified atom stereocenters. The zero-order valence-corrected chi connectivity index (χ0v) is 11.3. The molecule has 5 heteroatoms. The van der Waals surface area contributed by atoms with Gasteiger partial charge in [-0.1, -0.05) is 23.2 Å². The maximum absolute atomic E-state index is 12.9. The van der Waals surface area contributed by atoms with Gasteiger partial charge in [0.2, 0.25) is 0 Å². The Labute approximate surface area is 113 Å². The highest BCUT2D eigenvalue weighted by Gasteiger charge is 2.10. The lowest BCUT2D eigenvalue weighted by molar-refractivity contribution is 0.628. The minimum absolute atomic E-state index is 0.0791. The lowest BCUT2D eigenvalue weighted by Gasteiger charge is -2.14. The molecule has 0 saturated carbocycles. The fourth-order valence-corrected chi connectivity index (χ4v) is 2.76. The largest absolute Gasteiger partial charge is 0.376 e. The van der Waals surface area contributed by atoms with Crippen LogP contribution >= 0.6 is 34.5 Å². The molecule has 17 heavy (non-hydrogen) atoms. The van der Waals surface area contributed by atoms with Crippen LogP contribution in [0.25, 0.3) is 0 Å². The SMILES string of the molecule is CC(Nc1ccc(F)cc1Cl)c1ccc(Cl)s1. The smallest absolute Gasteiger partial charge is 0.124 e. The number of rotatable bonds is 3.